The fourth-order valence-electron chi connectivity index (χ4n) is 2.77. The number of aryl methyl sites for hydroxylation is 2. The van der Waals surface area contributed by atoms with Gasteiger partial charge in [0.15, 0.2) is 5.82 Å². The molecule has 0 aliphatic carbocycles. The predicted molar refractivity (Wildman–Crippen MR) is 101 cm³/mol. The SMILES string of the molecule is COc1ccc(C)cc1N=Nc1c(C(C)(C)C)nc2c(C)cccn12. The van der Waals surface area contributed by atoms with E-state index in [0.717, 1.165) is 28.3 Å². The molecule has 0 saturated heterocycles. The minimum absolute atomic E-state index is 0.135. The largest absolute Gasteiger partial charge is 0.494 e. The van der Waals surface area contributed by atoms with Gasteiger partial charge in [-0.2, -0.15) is 0 Å². The maximum Gasteiger partial charge on any atom is 0.183 e. The Morgan fingerprint density at radius 1 is 1.08 bits per heavy atom. The van der Waals surface area contributed by atoms with Gasteiger partial charge in [-0.05, 0) is 43.2 Å². The number of rotatable bonds is 3. The van der Waals surface area contributed by atoms with E-state index in [2.05, 4.69) is 44.0 Å². The van der Waals surface area contributed by atoms with Crippen molar-refractivity contribution in [3.63, 3.8) is 0 Å². The lowest BCUT2D eigenvalue weighted by Gasteiger charge is -2.15. The van der Waals surface area contributed by atoms with Gasteiger partial charge < -0.3 is 4.74 Å². The molecule has 130 valence electrons. The topological polar surface area (TPSA) is 51.2 Å². The van der Waals surface area contributed by atoms with E-state index in [1.807, 2.05) is 41.8 Å². The molecule has 3 aromatic rings. The molecule has 3 rings (SSSR count). The van der Waals surface area contributed by atoms with E-state index in [0.29, 0.717) is 11.4 Å². The summed E-state index contributed by atoms with van der Waals surface area (Å²) in [6.07, 6.45) is 1.98. The van der Waals surface area contributed by atoms with Crippen LogP contribution in [-0.2, 0) is 5.41 Å². The van der Waals surface area contributed by atoms with Crippen LogP contribution in [0.25, 0.3) is 5.65 Å². The van der Waals surface area contributed by atoms with Gasteiger partial charge in [-0.25, -0.2) is 4.98 Å². The van der Waals surface area contributed by atoms with Crippen LogP contribution in [-0.4, -0.2) is 16.5 Å². The van der Waals surface area contributed by atoms with Crippen molar-refractivity contribution in [2.75, 3.05) is 7.11 Å². The lowest BCUT2D eigenvalue weighted by molar-refractivity contribution is 0.415. The minimum atomic E-state index is -0.135. The van der Waals surface area contributed by atoms with Crippen LogP contribution < -0.4 is 4.74 Å². The average molecular weight is 336 g/mol. The summed E-state index contributed by atoms with van der Waals surface area (Å²) in [6, 6.07) is 9.93. The maximum absolute atomic E-state index is 5.40. The van der Waals surface area contributed by atoms with Crippen LogP contribution in [0, 0.1) is 13.8 Å². The number of nitrogens with zero attached hydrogens (tertiary/aromatic N) is 4. The van der Waals surface area contributed by atoms with Crippen LogP contribution in [0.2, 0.25) is 0 Å². The molecule has 0 bridgehead atoms. The smallest absolute Gasteiger partial charge is 0.183 e. The molecule has 0 amide bonds. The van der Waals surface area contributed by atoms with Gasteiger partial charge in [-0.15, -0.1) is 10.2 Å². The van der Waals surface area contributed by atoms with Crippen molar-refractivity contribution in [2.45, 2.75) is 40.0 Å². The van der Waals surface area contributed by atoms with Crippen molar-refractivity contribution in [2.24, 2.45) is 10.2 Å². The van der Waals surface area contributed by atoms with Crippen molar-refractivity contribution >= 4 is 17.2 Å². The fraction of sp³-hybridized carbons (Fsp3) is 0.350. The highest BCUT2D eigenvalue weighted by Gasteiger charge is 2.24. The lowest BCUT2D eigenvalue weighted by atomic mass is 9.92. The van der Waals surface area contributed by atoms with E-state index in [-0.39, 0.29) is 5.41 Å². The molecule has 0 unspecified atom stereocenters. The molecule has 5 nitrogen and oxygen atoms in total. The minimum Gasteiger partial charge on any atom is -0.494 e. The summed E-state index contributed by atoms with van der Waals surface area (Å²) in [5, 5.41) is 9.04. The highest BCUT2D eigenvalue weighted by atomic mass is 16.5. The molecule has 5 heteroatoms. The average Bonchev–Trinajstić information content (AvgIpc) is 2.93. The predicted octanol–water partition coefficient (Wildman–Crippen LogP) is 5.67. The second-order valence-electron chi connectivity index (χ2n) is 7.29. The molecule has 0 radical (unpaired) electrons. The summed E-state index contributed by atoms with van der Waals surface area (Å²) < 4.78 is 7.40. The molecule has 2 aromatic heterocycles. The van der Waals surface area contributed by atoms with Crippen molar-refractivity contribution in [1.29, 1.82) is 0 Å². The number of methoxy groups -OCH3 is 1. The summed E-state index contributed by atoms with van der Waals surface area (Å²) >= 11 is 0. The standard InChI is InChI=1S/C20H24N4O/c1-13-9-10-16(25-6)15(12-13)22-23-19-17(20(3,4)5)21-18-14(2)8-7-11-24(18)19/h7-12H,1-6H3. The first-order valence-electron chi connectivity index (χ1n) is 8.36. The third kappa shape index (κ3) is 3.27. The Labute approximate surface area is 148 Å². The zero-order valence-corrected chi connectivity index (χ0v) is 15.7. The van der Waals surface area contributed by atoms with E-state index < -0.39 is 0 Å². The molecule has 0 aliphatic rings. The zero-order chi connectivity index (χ0) is 18.2. The first-order chi connectivity index (χ1) is 11.8. The second kappa shape index (κ2) is 6.31. The van der Waals surface area contributed by atoms with E-state index in [1.165, 1.54) is 0 Å². The normalized spacial score (nSPS) is 12.2. The number of pyridine rings is 1. The van der Waals surface area contributed by atoms with Crippen LogP contribution in [0.1, 0.15) is 37.6 Å². The molecular formula is C20H24N4O. The molecule has 2 heterocycles. The zero-order valence-electron chi connectivity index (χ0n) is 15.7. The number of benzene rings is 1. The Kier molecular flexibility index (Phi) is 4.33. The Morgan fingerprint density at radius 2 is 1.84 bits per heavy atom. The molecule has 0 saturated carbocycles. The van der Waals surface area contributed by atoms with E-state index in [1.54, 1.807) is 7.11 Å². The van der Waals surface area contributed by atoms with E-state index in [9.17, 15) is 0 Å². The van der Waals surface area contributed by atoms with Crippen molar-refractivity contribution in [3.05, 3.63) is 53.3 Å². The summed E-state index contributed by atoms with van der Waals surface area (Å²) in [7, 11) is 1.64. The first-order valence-corrected chi connectivity index (χ1v) is 8.36. The summed E-state index contributed by atoms with van der Waals surface area (Å²) in [5.74, 6) is 1.46. The van der Waals surface area contributed by atoms with Gasteiger partial charge in [0.25, 0.3) is 0 Å². The van der Waals surface area contributed by atoms with E-state index in [4.69, 9.17) is 9.72 Å². The summed E-state index contributed by atoms with van der Waals surface area (Å²) in [6.45, 7) is 10.5. The van der Waals surface area contributed by atoms with Crippen LogP contribution in [0.4, 0.5) is 11.5 Å². The monoisotopic (exact) mass is 336 g/mol. The number of fused-ring (bicyclic) bond motifs is 1. The first kappa shape index (κ1) is 17.1. The Hall–Kier alpha value is -2.69. The van der Waals surface area contributed by atoms with Gasteiger partial charge in [0.05, 0.1) is 12.8 Å². The quantitative estimate of drug-likeness (QED) is 0.578. The van der Waals surface area contributed by atoms with Gasteiger partial charge in [0.2, 0.25) is 0 Å². The van der Waals surface area contributed by atoms with Crippen molar-refractivity contribution in [3.8, 4) is 5.75 Å². The highest BCUT2D eigenvalue weighted by molar-refractivity contribution is 5.59. The van der Waals surface area contributed by atoms with Crippen molar-refractivity contribution < 1.29 is 4.74 Å². The van der Waals surface area contributed by atoms with Crippen molar-refractivity contribution in [1.82, 2.24) is 9.38 Å². The van der Waals surface area contributed by atoms with Gasteiger partial charge in [0.1, 0.15) is 17.1 Å². The van der Waals surface area contributed by atoms with Gasteiger partial charge >= 0.3 is 0 Å². The highest BCUT2D eigenvalue weighted by Crippen LogP contribution is 2.35. The Morgan fingerprint density at radius 3 is 2.52 bits per heavy atom. The third-order valence-electron chi connectivity index (χ3n) is 4.12. The van der Waals surface area contributed by atoms with Gasteiger partial charge in [-0.1, -0.05) is 32.9 Å². The van der Waals surface area contributed by atoms with E-state index >= 15 is 0 Å². The number of imidazole rings is 1. The Bertz CT molecular complexity index is 948. The van der Waals surface area contributed by atoms with Gasteiger partial charge in [0, 0.05) is 11.6 Å². The van der Waals surface area contributed by atoms with Crippen LogP contribution in [0.3, 0.4) is 0 Å². The second-order valence-corrected chi connectivity index (χ2v) is 7.29. The molecule has 0 aliphatic heterocycles. The van der Waals surface area contributed by atoms with Crippen LogP contribution in [0.15, 0.2) is 46.8 Å². The third-order valence-corrected chi connectivity index (χ3v) is 4.12. The molecule has 0 N–H and O–H groups in total. The lowest BCUT2D eigenvalue weighted by Crippen LogP contribution is -2.11. The number of ether oxygens (including phenoxy) is 1. The summed E-state index contributed by atoms with van der Waals surface area (Å²) in [4.78, 5) is 4.83. The maximum atomic E-state index is 5.40. The van der Waals surface area contributed by atoms with Crippen LogP contribution >= 0.6 is 0 Å². The summed E-state index contributed by atoms with van der Waals surface area (Å²) in [5.41, 5.74) is 4.64. The molecular weight excluding hydrogens is 312 g/mol. The number of hydrogen-bond donors (Lipinski definition) is 0. The molecule has 0 fully saturated rings. The molecule has 1 aromatic carbocycles. The number of aromatic nitrogens is 2. The number of hydrogen-bond acceptors (Lipinski definition) is 4. The van der Waals surface area contributed by atoms with Gasteiger partial charge in [-0.3, -0.25) is 4.40 Å². The Balaban J connectivity index is 2.19. The molecule has 0 spiro atoms. The molecule has 25 heavy (non-hydrogen) atoms. The fourth-order valence-corrected chi connectivity index (χ4v) is 2.77. The van der Waals surface area contributed by atoms with Crippen LogP contribution in [0.5, 0.6) is 5.75 Å². The molecule has 0 atom stereocenters. The number of azo groups is 1.